The maximum atomic E-state index is 12.5. The summed E-state index contributed by atoms with van der Waals surface area (Å²) in [7, 11) is 0. The van der Waals surface area contributed by atoms with E-state index in [1.54, 1.807) is 36.1 Å². The number of nitrogens with one attached hydrogen (secondary N) is 2. The molecule has 3 rings (SSSR count). The molecule has 1 aliphatic heterocycles. The lowest BCUT2D eigenvalue weighted by Crippen LogP contribution is -2.44. The number of nitrogens with zero attached hydrogens (tertiary/aromatic N) is 1. The smallest absolute Gasteiger partial charge is 0.325 e. The highest BCUT2D eigenvalue weighted by atomic mass is 35.5. The van der Waals surface area contributed by atoms with E-state index in [4.69, 9.17) is 16.3 Å². The zero-order valence-corrected chi connectivity index (χ0v) is 16.8. The molecule has 0 fully saturated rings. The fourth-order valence-electron chi connectivity index (χ4n) is 3.12. The molecule has 0 aromatic heterocycles. The molecule has 0 unspecified atom stereocenters. The summed E-state index contributed by atoms with van der Waals surface area (Å²) in [6.07, 6.45) is 0.695. The van der Waals surface area contributed by atoms with Gasteiger partial charge in [0.2, 0.25) is 0 Å². The van der Waals surface area contributed by atoms with Crippen LogP contribution in [0.15, 0.2) is 42.5 Å². The van der Waals surface area contributed by atoms with Crippen LogP contribution >= 0.6 is 11.6 Å². The maximum absolute atomic E-state index is 12.5. The second-order valence-electron chi connectivity index (χ2n) is 6.55. The minimum atomic E-state index is -0.470. The molecule has 3 amide bonds. The first-order valence-corrected chi connectivity index (χ1v) is 9.71. The molecule has 2 aromatic carbocycles. The highest BCUT2D eigenvalue weighted by Gasteiger charge is 2.22. The fourth-order valence-corrected chi connectivity index (χ4v) is 3.35. The molecule has 0 bridgehead atoms. The van der Waals surface area contributed by atoms with E-state index in [-0.39, 0.29) is 25.1 Å². The molecule has 2 aromatic rings. The average molecular weight is 416 g/mol. The minimum Gasteiger partial charge on any atom is -0.465 e. The van der Waals surface area contributed by atoms with Crippen LogP contribution in [0.25, 0.3) is 0 Å². The number of carbonyl (C=O) groups excluding carboxylic acids is 3. The van der Waals surface area contributed by atoms with E-state index in [1.165, 1.54) is 0 Å². The molecule has 7 nitrogen and oxygen atoms in total. The molecule has 0 saturated carbocycles. The molecule has 0 spiro atoms. The van der Waals surface area contributed by atoms with Gasteiger partial charge in [0.05, 0.1) is 17.2 Å². The maximum Gasteiger partial charge on any atom is 0.325 e. The van der Waals surface area contributed by atoms with Gasteiger partial charge >= 0.3 is 12.0 Å². The summed E-state index contributed by atoms with van der Waals surface area (Å²) < 4.78 is 4.81. The van der Waals surface area contributed by atoms with Gasteiger partial charge in [0.15, 0.2) is 0 Å². The molecule has 0 aliphatic carbocycles. The summed E-state index contributed by atoms with van der Waals surface area (Å²) in [5.41, 5.74) is 3.09. The van der Waals surface area contributed by atoms with Crippen molar-refractivity contribution in [2.24, 2.45) is 0 Å². The Morgan fingerprint density at radius 2 is 1.93 bits per heavy atom. The lowest BCUT2D eigenvalue weighted by molar-refractivity contribution is -0.141. The van der Waals surface area contributed by atoms with Crippen LogP contribution in [0.1, 0.15) is 28.4 Å². The van der Waals surface area contributed by atoms with Crippen molar-refractivity contribution in [3.63, 3.8) is 0 Å². The van der Waals surface area contributed by atoms with Gasteiger partial charge in [-0.05, 0) is 48.7 Å². The van der Waals surface area contributed by atoms with Gasteiger partial charge in [-0.15, -0.1) is 0 Å². The monoisotopic (exact) mass is 415 g/mol. The predicted octanol–water partition coefficient (Wildman–Crippen LogP) is 3.22. The predicted molar refractivity (Wildman–Crippen MR) is 110 cm³/mol. The van der Waals surface area contributed by atoms with Gasteiger partial charge in [-0.25, -0.2) is 4.79 Å². The first kappa shape index (κ1) is 20.7. The SMILES string of the molecule is CCOC(=O)CNC(=O)N1CCc2ccc(NC(=O)c3ccccc3Cl)cc2C1. The number of halogens is 1. The van der Waals surface area contributed by atoms with E-state index in [0.29, 0.717) is 35.8 Å². The number of rotatable bonds is 5. The van der Waals surface area contributed by atoms with Gasteiger partial charge in [-0.1, -0.05) is 29.8 Å². The van der Waals surface area contributed by atoms with Crippen molar-refractivity contribution in [1.82, 2.24) is 10.2 Å². The molecule has 1 aliphatic rings. The molecule has 0 radical (unpaired) electrons. The second-order valence-corrected chi connectivity index (χ2v) is 6.96. The largest absolute Gasteiger partial charge is 0.465 e. The number of hydrogen-bond acceptors (Lipinski definition) is 4. The third kappa shape index (κ3) is 5.26. The second kappa shape index (κ2) is 9.43. The molecule has 0 saturated heterocycles. The summed E-state index contributed by atoms with van der Waals surface area (Å²) in [4.78, 5) is 37.8. The first-order valence-electron chi connectivity index (χ1n) is 9.34. The van der Waals surface area contributed by atoms with Crippen molar-refractivity contribution >= 4 is 35.2 Å². The van der Waals surface area contributed by atoms with Crippen LogP contribution in [0, 0.1) is 0 Å². The first-order chi connectivity index (χ1) is 14.0. The number of anilines is 1. The van der Waals surface area contributed by atoms with Gasteiger partial charge in [-0.2, -0.15) is 0 Å². The third-order valence-corrected chi connectivity index (χ3v) is 4.90. The zero-order valence-electron chi connectivity index (χ0n) is 16.0. The van der Waals surface area contributed by atoms with E-state index in [9.17, 15) is 14.4 Å². The number of amides is 3. The van der Waals surface area contributed by atoms with Gasteiger partial charge in [0.1, 0.15) is 6.54 Å². The van der Waals surface area contributed by atoms with Crippen LogP contribution in [0.5, 0.6) is 0 Å². The van der Waals surface area contributed by atoms with Crippen LogP contribution in [-0.4, -0.2) is 42.5 Å². The van der Waals surface area contributed by atoms with Crippen LogP contribution in [0.2, 0.25) is 5.02 Å². The molecule has 0 atom stereocenters. The van der Waals surface area contributed by atoms with E-state index in [2.05, 4.69) is 10.6 Å². The van der Waals surface area contributed by atoms with E-state index in [0.717, 1.165) is 11.1 Å². The molecule has 152 valence electrons. The summed E-state index contributed by atoms with van der Waals surface area (Å²) in [6, 6.07) is 12.2. The summed E-state index contributed by atoms with van der Waals surface area (Å²) >= 11 is 6.08. The fraction of sp³-hybridized carbons (Fsp3) is 0.286. The Morgan fingerprint density at radius 3 is 2.69 bits per heavy atom. The Balaban J connectivity index is 1.64. The molecular formula is C21H22ClN3O4. The van der Waals surface area contributed by atoms with Crippen LogP contribution in [0.3, 0.4) is 0 Å². The zero-order chi connectivity index (χ0) is 20.8. The highest BCUT2D eigenvalue weighted by molar-refractivity contribution is 6.34. The lowest BCUT2D eigenvalue weighted by atomic mass is 9.99. The van der Waals surface area contributed by atoms with Crippen molar-refractivity contribution in [2.75, 3.05) is 25.0 Å². The number of esters is 1. The van der Waals surface area contributed by atoms with E-state index < -0.39 is 5.97 Å². The molecule has 1 heterocycles. The molecular weight excluding hydrogens is 394 g/mol. The van der Waals surface area contributed by atoms with Crippen molar-refractivity contribution in [3.8, 4) is 0 Å². The Bertz CT molecular complexity index is 932. The highest BCUT2D eigenvalue weighted by Crippen LogP contribution is 2.24. The number of fused-ring (bicyclic) bond motifs is 1. The molecule has 2 N–H and O–H groups in total. The normalized spacial score (nSPS) is 12.7. The van der Waals surface area contributed by atoms with Gasteiger partial charge in [-0.3, -0.25) is 9.59 Å². The van der Waals surface area contributed by atoms with Crippen molar-refractivity contribution in [1.29, 1.82) is 0 Å². The van der Waals surface area contributed by atoms with E-state index >= 15 is 0 Å². The minimum absolute atomic E-state index is 0.163. The quantitative estimate of drug-likeness (QED) is 0.734. The standard InChI is InChI=1S/C21H22ClN3O4/c1-2-29-19(26)12-23-21(28)25-10-9-14-7-8-16(11-15(14)13-25)24-20(27)17-5-3-4-6-18(17)22/h3-8,11H,2,9-10,12-13H2,1H3,(H,23,28)(H,24,27). The summed E-state index contributed by atoms with van der Waals surface area (Å²) in [6.45, 7) is 2.76. The summed E-state index contributed by atoms with van der Waals surface area (Å²) in [5, 5.41) is 5.80. The van der Waals surface area contributed by atoms with E-state index in [1.807, 2.05) is 18.2 Å². The van der Waals surface area contributed by atoms with Crippen LogP contribution in [0.4, 0.5) is 10.5 Å². The average Bonchev–Trinajstić information content (AvgIpc) is 2.72. The molecule has 8 heteroatoms. The third-order valence-electron chi connectivity index (χ3n) is 4.57. The number of ether oxygens (including phenoxy) is 1. The van der Waals surface area contributed by atoms with Crippen molar-refractivity contribution in [2.45, 2.75) is 19.9 Å². The molecule has 29 heavy (non-hydrogen) atoms. The summed E-state index contributed by atoms with van der Waals surface area (Å²) in [5.74, 6) is -0.766. The number of hydrogen-bond donors (Lipinski definition) is 2. The lowest BCUT2D eigenvalue weighted by Gasteiger charge is -2.29. The van der Waals surface area contributed by atoms with Crippen molar-refractivity contribution in [3.05, 3.63) is 64.2 Å². The Morgan fingerprint density at radius 1 is 1.14 bits per heavy atom. The Hall–Kier alpha value is -3.06. The Labute approximate surface area is 174 Å². The number of carbonyl (C=O) groups is 3. The number of urea groups is 1. The topological polar surface area (TPSA) is 87.7 Å². The van der Waals surface area contributed by atoms with Crippen LogP contribution < -0.4 is 10.6 Å². The Kier molecular flexibility index (Phi) is 6.72. The number of benzene rings is 2. The van der Waals surface area contributed by atoms with Crippen molar-refractivity contribution < 1.29 is 19.1 Å². The van der Waals surface area contributed by atoms with Gasteiger partial charge in [0, 0.05) is 18.8 Å². The van der Waals surface area contributed by atoms with Crippen LogP contribution in [-0.2, 0) is 22.5 Å². The van der Waals surface area contributed by atoms with Gasteiger partial charge < -0.3 is 20.3 Å². The van der Waals surface area contributed by atoms with Gasteiger partial charge in [0.25, 0.3) is 5.91 Å².